The van der Waals surface area contributed by atoms with Crippen molar-refractivity contribution in [3.8, 4) is 0 Å². The van der Waals surface area contributed by atoms with Crippen molar-refractivity contribution < 1.29 is 0 Å². The Morgan fingerprint density at radius 3 is 1.51 bits per heavy atom. The standard InChI is InChI=1S/C58H45N3/c1-57(2,3)37-30-44-45-31-38(58(4,5)6)33-50(59(39-20-9-7-10-21-39)40-22-11-8-12-23-40)55(45)61-47-25-26-48-53(51(47)46(32-37)54(44)61)52-41-24-16-15-19-36(41)28-43-42-27-34-17-13-14-18-35(34)29-49(42)60(48)56(43)52/h7-33H,1-6H3. The number of fused-ring (bicyclic) bond motifs is 16. The molecule has 3 nitrogen and oxygen atoms in total. The lowest BCUT2D eigenvalue weighted by Crippen LogP contribution is -2.15. The highest BCUT2D eigenvalue weighted by atomic mass is 15.2. The van der Waals surface area contributed by atoms with E-state index in [1.807, 2.05) is 0 Å². The second-order valence-corrected chi connectivity index (χ2v) is 19.4. The van der Waals surface area contributed by atoms with Crippen molar-refractivity contribution in [1.82, 2.24) is 8.80 Å². The van der Waals surface area contributed by atoms with Crippen molar-refractivity contribution in [1.29, 1.82) is 0 Å². The van der Waals surface area contributed by atoms with Crippen LogP contribution in [0.3, 0.4) is 0 Å². The highest BCUT2D eigenvalue weighted by molar-refractivity contribution is 6.40. The van der Waals surface area contributed by atoms with Crippen molar-refractivity contribution in [2.45, 2.75) is 52.4 Å². The van der Waals surface area contributed by atoms with E-state index in [4.69, 9.17) is 0 Å². The predicted octanol–water partition coefficient (Wildman–Crippen LogP) is 16.4. The van der Waals surface area contributed by atoms with Gasteiger partial charge in [0.1, 0.15) is 0 Å². The van der Waals surface area contributed by atoms with Gasteiger partial charge in [0, 0.05) is 54.5 Å². The molecule has 0 saturated heterocycles. The smallest absolute Gasteiger partial charge is 0.0783 e. The highest BCUT2D eigenvalue weighted by Crippen LogP contribution is 2.52. The topological polar surface area (TPSA) is 12.1 Å². The summed E-state index contributed by atoms with van der Waals surface area (Å²) in [4.78, 5) is 2.48. The van der Waals surface area contributed by atoms with E-state index in [9.17, 15) is 0 Å². The summed E-state index contributed by atoms with van der Waals surface area (Å²) in [6.45, 7) is 14.1. The van der Waals surface area contributed by atoms with Crippen LogP contribution < -0.4 is 4.90 Å². The molecular formula is C58H45N3. The summed E-state index contributed by atoms with van der Waals surface area (Å²) in [7, 11) is 0. The molecule has 0 amide bonds. The van der Waals surface area contributed by atoms with Crippen LogP contribution >= 0.6 is 0 Å². The predicted molar refractivity (Wildman–Crippen MR) is 263 cm³/mol. The van der Waals surface area contributed by atoms with Crippen LogP contribution in [0.15, 0.2) is 164 Å². The van der Waals surface area contributed by atoms with E-state index < -0.39 is 0 Å². The van der Waals surface area contributed by atoms with Gasteiger partial charge in [-0.15, -0.1) is 0 Å². The number of nitrogens with zero attached hydrogens (tertiary/aromatic N) is 3. The van der Waals surface area contributed by atoms with Crippen LogP contribution in [0.4, 0.5) is 17.1 Å². The molecule has 9 aromatic carbocycles. The van der Waals surface area contributed by atoms with Crippen LogP contribution in [0, 0.1) is 0 Å². The maximum absolute atomic E-state index is 2.63. The van der Waals surface area contributed by atoms with Crippen molar-refractivity contribution in [2.24, 2.45) is 0 Å². The molecular weight excluding hydrogens is 739 g/mol. The lowest BCUT2D eigenvalue weighted by Gasteiger charge is -2.29. The van der Waals surface area contributed by atoms with E-state index in [1.165, 1.54) is 115 Å². The average Bonchev–Trinajstić information content (AvgIpc) is 3.98. The minimum atomic E-state index is -0.0783. The molecule has 0 N–H and O–H groups in total. The Morgan fingerprint density at radius 1 is 0.344 bits per heavy atom. The van der Waals surface area contributed by atoms with Crippen molar-refractivity contribution in [2.75, 3.05) is 4.90 Å². The Balaban J connectivity index is 1.29. The van der Waals surface area contributed by atoms with Gasteiger partial charge in [-0.25, -0.2) is 0 Å². The Kier molecular flexibility index (Phi) is 6.72. The maximum Gasteiger partial charge on any atom is 0.0783 e. The molecule has 0 saturated carbocycles. The SMILES string of the molecule is CC(C)(C)c1cc(N(c2ccccc2)c2ccccc2)c2c(c1)c1cc(C(C)(C)C)cc3c4c5c6c7ccccc7cc7c8cc9ccccc9cc8n(c5ccc4n2c13)c76. The highest BCUT2D eigenvalue weighted by Gasteiger charge is 2.31. The summed E-state index contributed by atoms with van der Waals surface area (Å²) < 4.78 is 5.21. The fraction of sp³-hybridized carbons (Fsp3) is 0.138. The molecule has 61 heavy (non-hydrogen) atoms. The molecule has 3 heteroatoms. The molecule has 0 atom stereocenters. The second kappa shape index (κ2) is 11.8. The number of hydrogen-bond acceptors (Lipinski definition) is 1. The third-order valence-corrected chi connectivity index (χ3v) is 13.7. The summed E-state index contributed by atoms with van der Waals surface area (Å²) in [5, 5.41) is 15.7. The van der Waals surface area contributed by atoms with Crippen molar-refractivity contribution in [3.05, 3.63) is 175 Å². The molecule has 13 aromatic rings. The maximum atomic E-state index is 2.63. The van der Waals surface area contributed by atoms with Crippen LogP contribution in [0.2, 0.25) is 0 Å². The molecule has 0 bridgehead atoms. The number of anilines is 3. The van der Waals surface area contributed by atoms with Crippen LogP contribution in [0.5, 0.6) is 0 Å². The van der Waals surface area contributed by atoms with Gasteiger partial charge in [0.2, 0.25) is 0 Å². The van der Waals surface area contributed by atoms with Gasteiger partial charge in [0.15, 0.2) is 0 Å². The largest absolute Gasteiger partial charge is 0.308 e. The zero-order valence-electron chi connectivity index (χ0n) is 35.4. The quantitative estimate of drug-likeness (QED) is 0.174. The van der Waals surface area contributed by atoms with Gasteiger partial charge in [-0.05, 0) is 122 Å². The first-order chi connectivity index (χ1) is 29.5. The number of benzene rings is 9. The van der Waals surface area contributed by atoms with E-state index >= 15 is 0 Å². The van der Waals surface area contributed by atoms with E-state index in [0.717, 1.165) is 11.4 Å². The molecule has 0 fully saturated rings. The van der Waals surface area contributed by atoms with Crippen LogP contribution in [-0.4, -0.2) is 8.80 Å². The van der Waals surface area contributed by atoms with Gasteiger partial charge < -0.3 is 13.7 Å². The van der Waals surface area contributed by atoms with Gasteiger partial charge in [-0.2, -0.15) is 0 Å². The van der Waals surface area contributed by atoms with E-state index in [-0.39, 0.29) is 10.8 Å². The molecule has 0 unspecified atom stereocenters. The zero-order valence-corrected chi connectivity index (χ0v) is 35.4. The Labute approximate surface area is 354 Å². The van der Waals surface area contributed by atoms with E-state index in [0.29, 0.717) is 0 Å². The number of aromatic nitrogens is 2. The summed E-state index contributed by atoms with van der Waals surface area (Å²) in [6.07, 6.45) is 0. The molecule has 0 aliphatic heterocycles. The second-order valence-electron chi connectivity index (χ2n) is 19.4. The monoisotopic (exact) mass is 783 g/mol. The van der Waals surface area contributed by atoms with Gasteiger partial charge in [0.05, 0.1) is 38.8 Å². The Morgan fingerprint density at radius 2 is 0.852 bits per heavy atom. The molecule has 292 valence electrons. The molecule has 0 spiro atoms. The van der Waals surface area contributed by atoms with Crippen molar-refractivity contribution >= 4 is 115 Å². The fourth-order valence-corrected chi connectivity index (χ4v) is 10.8. The van der Waals surface area contributed by atoms with E-state index in [2.05, 4.69) is 219 Å². The van der Waals surface area contributed by atoms with Crippen molar-refractivity contribution in [3.63, 3.8) is 0 Å². The fourth-order valence-electron chi connectivity index (χ4n) is 10.8. The molecule has 13 rings (SSSR count). The summed E-state index contributed by atoms with van der Waals surface area (Å²) in [5.74, 6) is 0. The molecule has 0 aliphatic carbocycles. The van der Waals surface area contributed by atoms with Gasteiger partial charge in [-0.3, -0.25) is 0 Å². The first-order valence-electron chi connectivity index (χ1n) is 21.7. The molecule has 0 radical (unpaired) electrons. The number of para-hydroxylation sites is 2. The Hall–Kier alpha value is -7.10. The third-order valence-electron chi connectivity index (χ3n) is 13.7. The number of rotatable bonds is 3. The normalized spacial score (nSPS) is 13.1. The number of hydrogen-bond donors (Lipinski definition) is 0. The first-order valence-corrected chi connectivity index (χ1v) is 21.7. The van der Waals surface area contributed by atoms with Crippen LogP contribution in [0.1, 0.15) is 52.7 Å². The molecule has 0 aliphatic rings. The summed E-state index contributed by atoms with van der Waals surface area (Å²) >= 11 is 0. The summed E-state index contributed by atoms with van der Waals surface area (Å²) in [5.41, 5.74) is 13.6. The van der Waals surface area contributed by atoms with E-state index in [1.54, 1.807) is 0 Å². The summed E-state index contributed by atoms with van der Waals surface area (Å²) in [6, 6.07) is 61.8. The van der Waals surface area contributed by atoms with Crippen LogP contribution in [0.25, 0.3) is 97.7 Å². The van der Waals surface area contributed by atoms with Gasteiger partial charge in [0.25, 0.3) is 0 Å². The average molecular weight is 784 g/mol. The minimum Gasteiger partial charge on any atom is -0.308 e. The molecule has 4 aromatic heterocycles. The van der Waals surface area contributed by atoms with Gasteiger partial charge >= 0.3 is 0 Å². The first kappa shape index (κ1) is 34.7. The lowest BCUT2D eigenvalue weighted by atomic mass is 9.83. The lowest BCUT2D eigenvalue weighted by molar-refractivity contribution is 0.591. The van der Waals surface area contributed by atoms with Gasteiger partial charge in [-0.1, -0.05) is 126 Å². The van der Waals surface area contributed by atoms with Crippen LogP contribution in [-0.2, 0) is 10.8 Å². The third kappa shape index (κ3) is 4.64. The zero-order chi connectivity index (χ0) is 41.1. The Bertz CT molecular complexity index is 3890. The molecule has 4 heterocycles. The minimum absolute atomic E-state index is 0.0698.